The first-order chi connectivity index (χ1) is 7.20. The highest BCUT2D eigenvalue weighted by atomic mass is 19.1. The van der Waals surface area contributed by atoms with Crippen LogP contribution >= 0.6 is 0 Å². The van der Waals surface area contributed by atoms with Crippen LogP contribution in [0.4, 0.5) is 4.39 Å². The van der Waals surface area contributed by atoms with E-state index in [0.29, 0.717) is 0 Å². The summed E-state index contributed by atoms with van der Waals surface area (Å²) in [5.41, 5.74) is 0.910. The van der Waals surface area contributed by atoms with Gasteiger partial charge in [-0.2, -0.15) is 0 Å². The third-order valence-electron chi connectivity index (χ3n) is 2.03. The maximum absolute atomic E-state index is 13.0. The molecule has 0 saturated heterocycles. The van der Waals surface area contributed by atoms with Crippen molar-refractivity contribution in [3.05, 3.63) is 52.2 Å². The van der Waals surface area contributed by atoms with Gasteiger partial charge in [0.25, 0.3) is 5.56 Å². The van der Waals surface area contributed by atoms with Gasteiger partial charge in [-0.25, -0.2) is 4.39 Å². The summed E-state index contributed by atoms with van der Waals surface area (Å²) in [6, 6.07) is 6.57. The molecular weight excluding hydrogens is 193 g/mol. The highest BCUT2D eigenvalue weighted by Crippen LogP contribution is 2.07. The Labute approximate surface area is 88.0 Å². The summed E-state index contributed by atoms with van der Waals surface area (Å²) in [4.78, 5) is 11.3. The molecule has 2 heterocycles. The Kier molecular flexibility index (Phi) is 3.61. The van der Waals surface area contributed by atoms with Gasteiger partial charge in [0.05, 0.1) is 5.52 Å². The minimum absolute atomic E-state index is 0.596. The van der Waals surface area contributed by atoms with E-state index in [9.17, 15) is 9.18 Å². The summed E-state index contributed by atoms with van der Waals surface area (Å²) in [7, 11) is 0. The smallest absolute Gasteiger partial charge is 0.282 e. The topological polar surface area (TPSA) is 21.5 Å². The summed E-state index contributed by atoms with van der Waals surface area (Å²) in [5, 5.41) is 0. The van der Waals surface area contributed by atoms with Gasteiger partial charge in [-0.3, -0.25) is 9.20 Å². The third kappa shape index (κ3) is 2.06. The fraction of sp³-hybridized carbons (Fsp3) is 0.250. The Hall–Kier alpha value is -1.64. The van der Waals surface area contributed by atoms with Crippen molar-refractivity contribution in [2.24, 2.45) is 0 Å². The predicted octanol–water partition coefficient (Wildman–Crippen LogP) is 2.77. The molecule has 2 rings (SSSR count). The first-order valence-electron chi connectivity index (χ1n) is 4.96. The Morgan fingerprint density at radius 2 is 1.93 bits per heavy atom. The number of hydrogen-bond donors (Lipinski definition) is 0. The predicted molar refractivity (Wildman–Crippen MR) is 59.7 cm³/mol. The standard InChI is InChI=1S/C10H8FNO.C2H6/c1-7-6-8(11)10(13)12-5-3-2-4-9(7)12;1-2/h2-6H,1H3;1-2H3. The molecule has 0 aliphatic heterocycles. The Bertz CT molecular complexity index is 517. The lowest BCUT2D eigenvalue weighted by Gasteiger charge is -2.02. The second-order valence-electron chi connectivity index (χ2n) is 2.94. The van der Waals surface area contributed by atoms with E-state index < -0.39 is 11.4 Å². The minimum Gasteiger partial charge on any atom is -0.282 e. The molecule has 0 radical (unpaired) electrons. The van der Waals surface area contributed by atoms with E-state index in [1.54, 1.807) is 25.3 Å². The molecule has 0 aliphatic carbocycles. The highest BCUT2D eigenvalue weighted by Gasteiger charge is 2.04. The molecule has 0 aromatic carbocycles. The van der Waals surface area contributed by atoms with E-state index in [-0.39, 0.29) is 0 Å². The quantitative estimate of drug-likeness (QED) is 0.651. The lowest BCUT2D eigenvalue weighted by Crippen LogP contribution is -2.17. The molecule has 0 atom stereocenters. The molecule has 0 amide bonds. The maximum atomic E-state index is 13.0. The van der Waals surface area contributed by atoms with E-state index in [1.807, 2.05) is 19.9 Å². The minimum atomic E-state index is -0.707. The van der Waals surface area contributed by atoms with Crippen molar-refractivity contribution in [3.63, 3.8) is 0 Å². The Morgan fingerprint density at radius 3 is 2.60 bits per heavy atom. The van der Waals surface area contributed by atoms with Gasteiger partial charge in [0.15, 0.2) is 5.82 Å². The Balaban J connectivity index is 0.000000531. The van der Waals surface area contributed by atoms with Gasteiger partial charge >= 0.3 is 0 Å². The molecule has 0 N–H and O–H groups in total. The summed E-state index contributed by atoms with van der Waals surface area (Å²) in [5.74, 6) is -0.707. The fourth-order valence-electron chi connectivity index (χ4n) is 1.38. The average molecular weight is 207 g/mol. The van der Waals surface area contributed by atoms with Gasteiger partial charge < -0.3 is 0 Å². The van der Waals surface area contributed by atoms with Crippen molar-refractivity contribution < 1.29 is 4.39 Å². The molecule has 15 heavy (non-hydrogen) atoms. The van der Waals surface area contributed by atoms with Crippen LogP contribution < -0.4 is 5.56 Å². The summed E-state index contributed by atoms with van der Waals surface area (Å²) in [6.45, 7) is 5.78. The zero-order valence-electron chi connectivity index (χ0n) is 9.12. The van der Waals surface area contributed by atoms with Gasteiger partial charge in [-0.05, 0) is 30.7 Å². The summed E-state index contributed by atoms with van der Waals surface area (Å²) >= 11 is 0. The van der Waals surface area contributed by atoms with E-state index in [1.165, 1.54) is 10.5 Å². The average Bonchev–Trinajstić information content (AvgIpc) is 2.29. The van der Waals surface area contributed by atoms with Gasteiger partial charge in [-0.1, -0.05) is 19.9 Å². The number of pyridine rings is 2. The zero-order chi connectivity index (χ0) is 11.4. The van der Waals surface area contributed by atoms with E-state index in [2.05, 4.69) is 0 Å². The van der Waals surface area contributed by atoms with Crippen LogP contribution in [0.2, 0.25) is 0 Å². The molecule has 0 bridgehead atoms. The summed E-state index contributed by atoms with van der Waals surface area (Å²) < 4.78 is 14.3. The van der Waals surface area contributed by atoms with Crippen LogP contribution in [-0.4, -0.2) is 4.40 Å². The molecule has 0 spiro atoms. The molecule has 2 aromatic heterocycles. The number of aromatic nitrogens is 1. The van der Waals surface area contributed by atoms with Crippen molar-refractivity contribution in [2.75, 3.05) is 0 Å². The zero-order valence-corrected chi connectivity index (χ0v) is 9.12. The molecular formula is C12H14FNO. The molecule has 80 valence electrons. The molecule has 0 unspecified atom stereocenters. The van der Waals surface area contributed by atoms with E-state index >= 15 is 0 Å². The Morgan fingerprint density at radius 1 is 1.27 bits per heavy atom. The van der Waals surface area contributed by atoms with Crippen LogP contribution in [0.5, 0.6) is 0 Å². The first kappa shape index (κ1) is 11.4. The lowest BCUT2D eigenvalue weighted by atomic mass is 10.2. The third-order valence-corrected chi connectivity index (χ3v) is 2.03. The number of aryl methyl sites for hydroxylation is 1. The van der Waals surface area contributed by atoms with Gasteiger partial charge in [-0.15, -0.1) is 0 Å². The summed E-state index contributed by atoms with van der Waals surface area (Å²) in [6.07, 6.45) is 1.56. The normalized spacial score (nSPS) is 9.60. The van der Waals surface area contributed by atoms with Crippen LogP contribution in [0, 0.1) is 12.7 Å². The van der Waals surface area contributed by atoms with Gasteiger partial charge in [0.2, 0.25) is 0 Å². The molecule has 0 aliphatic rings. The molecule has 3 heteroatoms. The van der Waals surface area contributed by atoms with Crippen LogP contribution in [0.3, 0.4) is 0 Å². The van der Waals surface area contributed by atoms with Gasteiger partial charge in [0.1, 0.15) is 0 Å². The monoisotopic (exact) mass is 207 g/mol. The maximum Gasteiger partial charge on any atom is 0.291 e. The molecule has 2 nitrogen and oxygen atoms in total. The SMILES string of the molecule is CC.Cc1cc(F)c(=O)n2ccccc12. The van der Waals surface area contributed by atoms with Crippen molar-refractivity contribution in [2.45, 2.75) is 20.8 Å². The molecule has 2 aromatic rings. The van der Waals surface area contributed by atoms with Crippen LogP contribution in [0.15, 0.2) is 35.3 Å². The van der Waals surface area contributed by atoms with Crippen LogP contribution in [0.1, 0.15) is 19.4 Å². The lowest BCUT2D eigenvalue weighted by molar-refractivity contribution is 0.603. The second kappa shape index (κ2) is 4.73. The first-order valence-corrected chi connectivity index (χ1v) is 4.96. The van der Waals surface area contributed by atoms with Crippen LogP contribution in [0.25, 0.3) is 5.52 Å². The number of rotatable bonds is 0. The van der Waals surface area contributed by atoms with Crippen molar-refractivity contribution in [3.8, 4) is 0 Å². The molecule has 0 saturated carbocycles. The fourth-order valence-corrected chi connectivity index (χ4v) is 1.38. The van der Waals surface area contributed by atoms with E-state index in [4.69, 9.17) is 0 Å². The number of halogens is 1. The largest absolute Gasteiger partial charge is 0.291 e. The van der Waals surface area contributed by atoms with Crippen molar-refractivity contribution >= 4 is 5.52 Å². The highest BCUT2D eigenvalue weighted by molar-refractivity contribution is 5.53. The van der Waals surface area contributed by atoms with Crippen molar-refractivity contribution in [1.29, 1.82) is 0 Å². The second-order valence-corrected chi connectivity index (χ2v) is 2.94. The number of fused-ring (bicyclic) bond motifs is 1. The molecule has 0 fully saturated rings. The van der Waals surface area contributed by atoms with Crippen molar-refractivity contribution in [1.82, 2.24) is 4.40 Å². The van der Waals surface area contributed by atoms with Gasteiger partial charge in [0, 0.05) is 6.20 Å². The number of nitrogens with zero attached hydrogens (tertiary/aromatic N) is 1. The van der Waals surface area contributed by atoms with E-state index in [0.717, 1.165) is 11.1 Å². The van der Waals surface area contributed by atoms with Crippen LogP contribution in [-0.2, 0) is 0 Å². The number of hydrogen-bond acceptors (Lipinski definition) is 1.